The molecule has 0 heterocycles. The van der Waals surface area contributed by atoms with Gasteiger partial charge in [0.1, 0.15) is 11.5 Å². The second-order valence-electron chi connectivity index (χ2n) is 5.29. The van der Waals surface area contributed by atoms with Crippen LogP contribution >= 0.6 is 0 Å². The zero-order valence-electron chi connectivity index (χ0n) is 13.7. The van der Waals surface area contributed by atoms with Crippen LogP contribution in [-0.2, 0) is 11.2 Å². The van der Waals surface area contributed by atoms with Gasteiger partial charge in [0.05, 0.1) is 5.56 Å². The van der Waals surface area contributed by atoms with Crippen LogP contribution in [0.25, 0.3) is 0 Å². The van der Waals surface area contributed by atoms with E-state index < -0.39 is 11.9 Å². The summed E-state index contributed by atoms with van der Waals surface area (Å²) in [7, 11) is 0. The van der Waals surface area contributed by atoms with Gasteiger partial charge in [-0.2, -0.15) is 0 Å². The number of carbonyl (C=O) groups excluding carboxylic acids is 2. The van der Waals surface area contributed by atoms with E-state index in [0.29, 0.717) is 17.1 Å². The Balaban J connectivity index is 1.96. The Morgan fingerprint density at radius 1 is 0.958 bits per heavy atom. The number of hydrogen-bond donors (Lipinski definition) is 0. The summed E-state index contributed by atoms with van der Waals surface area (Å²) in [5.74, 6) is -0.162. The maximum atomic E-state index is 12.1. The molecule has 0 aromatic heterocycles. The van der Waals surface area contributed by atoms with E-state index in [1.54, 1.807) is 24.3 Å². The second kappa shape index (κ2) is 8.67. The Bertz CT molecular complexity index is 699. The van der Waals surface area contributed by atoms with Crippen LogP contribution in [0.15, 0.2) is 61.2 Å². The van der Waals surface area contributed by atoms with Crippen LogP contribution in [0.5, 0.6) is 11.5 Å². The highest BCUT2D eigenvalue weighted by atomic mass is 16.5. The lowest BCUT2D eigenvalue weighted by Gasteiger charge is -2.06. The molecule has 0 spiro atoms. The average molecular weight is 324 g/mol. The number of ether oxygens (including phenoxy) is 2. The molecule has 0 bridgehead atoms. The SMILES string of the molecule is C=CC(=O)Oc1ccc(C(=O)Oc2ccc(CCCC)cc2)cc1. The zero-order valence-corrected chi connectivity index (χ0v) is 13.7. The third-order valence-electron chi connectivity index (χ3n) is 3.43. The largest absolute Gasteiger partial charge is 0.423 e. The molecule has 2 aromatic rings. The van der Waals surface area contributed by atoms with Gasteiger partial charge in [0.25, 0.3) is 0 Å². The number of esters is 2. The monoisotopic (exact) mass is 324 g/mol. The molecule has 0 saturated carbocycles. The summed E-state index contributed by atoms with van der Waals surface area (Å²) in [6.45, 7) is 5.48. The van der Waals surface area contributed by atoms with Crippen LogP contribution in [0, 0.1) is 0 Å². The van der Waals surface area contributed by atoms with Crippen molar-refractivity contribution in [2.45, 2.75) is 26.2 Å². The van der Waals surface area contributed by atoms with E-state index in [1.165, 1.54) is 17.7 Å². The first-order valence-corrected chi connectivity index (χ1v) is 7.88. The summed E-state index contributed by atoms with van der Waals surface area (Å²) < 4.78 is 10.3. The predicted molar refractivity (Wildman–Crippen MR) is 92.3 cm³/mol. The highest BCUT2D eigenvalue weighted by Gasteiger charge is 2.09. The fourth-order valence-electron chi connectivity index (χ4n) is 2.09. The van der Waals surface area contributed by atoms with E-state index >= 15 is 0 Å². The molecule has 0 aliphatic heterocycles. The maximum Gasteiger partial charge on any atom is 0.343 e. The van der Waals surface area contributed by atoms with Crippen molar-refractivity contribution in [1.82, 2.24) is 0 Å². The number of aryl methyl sites for hydroxylation is 1. The van der Waals surface area contributed by atoms with E-state index in [2.05, 4.69) is 13.5 Å². The maximum absolute atomic E-state index is 12.1. The predicted octanol–water partition coefficient (Wildman–Crippen LogP) is 4.34. The molecule has 0 saturated heterocycles. The summed E-state index contributed by atoms with van der Waals surface area (Å²) in [5.41, 5.74) is 1.61. The Morgan fingerprint density at radius 3 is 2.12 bits per heavy atom. The standard InChI is InChI=1S/C20H20O4/c1-3-5-6-15-7-11-18(12-8-15)24-20(22)16-9-13-17(14-10-16)23-19(21)4-2/h4,7-14H,2-3,5-6H2,1H3. The summed E-state index contributed by atoms with van der Waals surface area (Å²) in [6.07, 6.45) is 4.39. The van der Waals surface area contributed by atoms with Crippen molar-refractivity contribution >= 4 is 11.9 Å². The Morgan fingerprint density at radius 2 is 1.54 bits per heavy atom. The third-order valence-corrected chi connectivity index (χ3v) is 3.43. The molecule has 4 nitrogen and oxygen atoms in total. The number of unbranched alkanes of at least 4 members (excludes halogenated alkanes) is 1. The van der Waals surface area contributed by atoms with Crippen molar-refractivity contribution in [3.05, 3.63) is 72.3 Å². The van der Waals surface area contributed by atoms with Crippen LogP contribution < -0.4 is 9.47 Å². The van der Waals surface area contributed by atoms with Gasteiger partial charge < -0.3 is 9.47 Å². The van der Waals surface area contributed by atoms with Gasteiger partial charge in [-0.3, -0.25) is 0 Å². The fraction of sp³-hybridized carbons (Fsp3) is 0.200. The topological polar surface area (TPSA) is 52.6 Å². The minimum Gasteiger partial charge on any atom is -0.423 e. The Labute approximate surface area is 141 Å². The molecule has 4 heteroatoms. The van der Waals surface area contributed by atoms with Crippen molar-refractivity contribution in [3.8, 4) is 11.5 Å². The molecule has 2 aromatic carbocycles. The molecule has 0 amide bonds. The quantitative estimate of drug-likeness (QED) is 0.432. The summed E-state index contributed by atoms with van der Waals surface area (Å²) in [5, 5.41) is 0. The first kappa shape index (κ1) is 17.5. The molecule has 0 unspecified atom stereocenters. The van der Waals surface area contributed by atoms with Crippen LogP contribution in [0.4, 0.5) is 0 Å². The first-order chi connectivity index (χ1) is 11.6. The molecule has 0 aliphatic rings. The fourth-order valence-corrected chi connectivity index (χ4v) is 2.09. The molecule has 0 N–H and O–H groups in total. The van der Waals surface area contributed by atoms with Crippen molar-refractivity contribution in [3.63, 3.8) is 0 Å². The highest BCUT2D eigenvalue weighted by molar-refractivity contribution is 5.91. The number of hydrogen-bond acceptors (Lipinski definition) is 4. The third kappa shape index (κ3) is 5.09. The van der Waals surface area contributed by atoms with Gasteiger partial charge in [0.15, 0.2) is 0 Å². The zero-order chi connectivity index (χ0) is 17.4. The van der Waals surface area contributed by atoms with Crippen molar-refractivity contribution in [2.24, 2.45) is 0 Å². The molecule has 0 atom stereocenters. The van der Waals surface area contributed by atoms with Crippen LogP contribution in [-0.4, -0.2) is 11.9 Å². The normalized spacial score (nSPS) is 10.0. The van der Waals surface area contributed by atoms with Gasteiger partial charge in [0, 0.05) is 6.08 Å². The molecular weight excluding hydrogens is 304 g/mol. The Hall–Kier alpha value is -2.88. The van der Waals surface area contributed by atoms with E-state index in [9.17, 15) is 9.59 Å². The molecule has 24 heavy (non-hydrogen) atoms. The lowest BCUT2D eigenvalue weighted by molar-refractivity contribution is -0.128. The van der Waals surface area contributed by atoms with E-state index in [-0.39, 0.29) is 0 Å². The van der Waals surface area contributed by atoms with Gasteiger partial charge in [-0.15, -0.1) is 0 Å². The minimum atomic E-state index is -0.548. The molecule has 0 fully saturated rings. The van der Waals surface area contributed by atoms with Crippen LogP contribution in [0.3, 0.4) is 0 Å². The van der Waals surface area contributed by atoms with Gasteiger partial charge in [0.2, 0.25) is 0 Å². The lowest BCUT2D eigenvalue weighted by Crippen LogP contribution is -2.09. The minimum absolute atomic E-state index is 0.344. The Kier molecular flexibility index (Phi) is 6.32. The van der Waals surface area contributed by atoms with E-state index in [1.807, 2.05) is 12.1 Å². The number of benzene rings is 2. The van der Waals surface area contributed by atoms with Gasteiger partial charge >= 0.3 is 11.9 Å². The first-order valence-electron chi connectivity index (χ1n) is 7.88. The number of rotatable bonds is 7. The molecule has 124 valence electrons. The average Bonchev–Trinajstić information content (AvgIpc) is 2.61. The van der Waals surface area contributed by atoms with Crippen molar-refractivity contribution in [2.75, 3.05) is 0 Å². The molecule has 0 aliphatic carbocycles. The van der Waals surface area contributed by atoms with Crippen LogP contribution in [0.2, 0.25) is 0 Å². The summed E-state index contributed by atoms with van der Waals surface area (Å²) in [6, 6.07) is 13.7. The van der Waals surface area contributed by atoms with E-state index in [0.717, 1.165) is 25.3 Å². The van der Waals surface area contributed by atoms with Crippen LogP contribution in [0.1, 0.15) is 35.7 Å². The molecule has 0 radical (unpaired) electrons. The lowest BCUT2D eigenvalue weighted by atomic mass is 10.1. The summed E-state index contributed by atoms with van der Waals surface area (Å²) in [4.78, 5) is 23.2. The van der Waals surface area contributed by atoms with Crippen molar-refractivity contribution < 1.29 is 19.1 Å². The molecule has 2 rings (SSSR count). The number of carbonyl (C=O) groups is 2. The summed E-state index contributed by atoms with van der Waals surface area (Å²) >= 11 is 0. The second-order valence-corrected chi connectivity index (χ2v) is 5.29. The highest BCUT2D eigenvalue weighted by Crippen LogP contribution is 2.17. The van der Waals surface area contributed by atoms with E-state index in [4.69, 9.17) is 9.47 Å². The van der Waals surface area contributed by atoms with Gasteiger partial charge in [-0.25, -0.2) is 9.59 Å². The van der Waals surface area contributed by atoms with Crippen molar-refractivity contribution in [1.29, 1.82) is 0 Å². The molecular formula is C20H20O4. The van der Waals surface area contributed by atoms with Gasteiger partial charge in [-0.05, 0) is 54.8 Å². The van der Waals surface area contributed by atoms with Gasteiger partial charge in [-0.1, -0.05) is 32.1 Å². The smallest absolute Gasteiger partial charge is 0.343 e.